The van der Waals surface area contributed by atoms with Gasteiger partial charge in [-0.2, -0.15) is 0 Å². The number of halogens is 2. The maximum atomic E-state index is 13.5. The van der Waals surface area contributed by atoms with E-state index in [-0.39, 0.29) is 12.4 Å². The van der Waals surface area contributed by atoms with Crippen molar-refractivity contribution in [1.82, 2.24) is 4.98 Å². The molecule has 0 unspecified atom stereocenters. The molecule has 1 aliphatic carbocycles. The van der Waals surface area contributed by atoms with E-state index in [1.165, 1.54) is 18.3 Å². The molecular formula is C10H12F2N2. The van der Waals surface area contributed by atoms with E-state index in [4.69, 9.17) is 0 Å². The Bertz CT molecular complexity index is 324. The third-order valence-corrected chi connectivity index (χ3v) is 2.58. The molecule has 0 atom stereocenters. The molecule has 1 aromatic rings. The van der Waals surface area contributed by atoms with Gasteiger partial charge in [-0.3, -0.25) is 0 Å². The average molecular weight is 198 g/mol. The number of anilines is 1. The maximum absolute atomic E-state index is 13.5. The van der Waals surface area contributed by atoms with Crippen LogP contribution in [0, 0.1) is 5.82 Å². The van der Waals surface area contributed by atoms with Gasteiger partial charge < -0.3 is 5.32 Å². The van der Waals surface area contributed by atoms with Crippen LogP contribution in [0.1, 0.15) is 19.3 Å². The monoisotopic (exact) mass is 198 g/mol. The minimum Gasteiger partial charge on any atom is -0.364 e. The Morgan fingerprint density at radius 2 is 2.29 bits per heavy atom. The van der Waals surface area contributed by atoms with E-state index in [9.17, 15) is 8.78 Å². The number of hydrogen-bond acceptors (Lipinski definition) is 2. The Labute approximate surface area is 81.4 Å². The fourth-order valence-electron chi connectivity index (χ4n) is 1.50. The van der Waals surface area contributed by atoms with E-state index in [0.717, 1.165) is 6.42 Å². The molecule has 76 valence electrons. The molecule has 4 heteroatoms. The third kappa shape index (κ3) is 1.84. The molecule has 0 aromatic carbocycles. The summed E-state index contributed by atoms with van der Waals surface area (Å²) < 4.78 is 26.6. The van der Waals surface area contributed by atoms with E-state index >= 15 is 0 Å². The van der Waals surface area contributed by atoms with Crippen molar-refractivity contribution in [1.29, 1.82) is 0 Å². The first kappa shape index (κ1) is 9.37. The van der Waals surface area contributed by atoms with E-state index < -0.39 is 11.5 Å². The molecule has 0 saturated heterocycles. The second kappa shape index (κ2) is 3.52. The SMILES string of the molecule is Fc1cccnc1NCC1(F)CCC1. The highest BCUT2D eigenvalue weighted by molar-refractivity contribution is 5.36. The minimum atomic E-state index is -1.15. The first-order chi connectivity index (χ1) is 6.70. The van der Waals surface area contributed by atoms with Gasteiger partial charge in [-0.05, 0) is 31.4 Å². The largest absolute Gasteiger partial charge is 0.364 e. The molecule has 2 rings (SSSR count). The highest BCUT2D eigenvalue weighted by Crippen LogP contribution is 2.35. The van der Waals surface area contributed by atoms with Crippen molar-refractivity contribution in [3.63, 3.8) is 0 Å². The fraction of sp³-hybridized carbons (Fsp3) is 0.500. The number of pyridine rings is 1. The number of rotatable bonds is 3. The van der Waals surface area contributed by atoms with Crippen molar-refractivity contribution in [3.8, 4) is 0 Å². The molecule has 1 saturated carbocycles. The highest BCUT2D eigenvalue weighted by atomic mass is 19.1. The van der Waals surface area contributed by atoms with Gasteiger partial charge in [0.05, 0.1) is 6.54 Å². The first-order valence-electron chi connectivity index (χ1n) is 4.73. The second-order valence-electron chi connectivity index (χ2n) is 3.69. The summed E-state index contributed by atoms with van der Waals surface area (Å²) in [6.07, 6.45) is 3.53. The van der Waals surface area contributed by atoms with E-state index in [0.29, 0.717) is 12.8 Å². The molecular weight excluding hydrogens is 186 g/mol. The molecule has 0 bridgehead atoms. The molecule has 1 aliphatic rings. The lowest BCUT2D eigenvalue weighted by molar-refractivity contribution is 0.0783. The standard InChI is InChI=1S/C10H12F2N2/c11-8-3-1-6-13-9(8)14-7-10(12)4-2-5-10/h1,3,6H,2,4-5,7H2,(H,13,14). The summed E-state index contributed by atoms with van der Waals surface area (Å²) in [6.45, 7) is 0.154. The quantitative estimate of drug-likeness (QED) is 0.807. The van der Waals surface area contributed by atoms with Crippen molar-refractivity contribution in [2.24, 2.45) is 0 Å². The van der Waals surface area contributed by atoms with Crippen LogP contribution in [0.3, 0.4) is 0 Å². The summed E-state index contributed by atoms with van der Waals surface area (Å²) in [7, 11) is 0. The van der Waals surface area contributed by atoms with Crippen molar-refractivity contribution >= 4 is 5.82 Å². The summed E-state index contributed by atoms with van der Waals surface area (Å²) >= 11 is 0. The summed E-state index contributed by atoms with van der Waals surface area (Å²) in [5.41, 5.74) is -1.15. The van der Waals surface area contributed by atoms with Gasteiger partial charge in [-0.1, -0.05) is 0 Å². The van der Waals surface area contributed by atoms with E-state index in [2.05, 4.69) is 10.3 Å². The van der Waals surface area contributed by atoms with Gasteiger partial charge in [0.15, 0.2) is 11.6 Å². The summed E-state index contributed by atoms with van der Waals surface area (Å²) in [5.74, 6) is -0.299. The number of nitrogens with zero attached hydrogens (tertiary/aromatic N) is 1. The van der Waals surface area contributed by atoms with Gasteiger partial charge in [0, 0.05) is 6.20 Å². The summed E-state index contributed by atoms with van der Waals surface area (Å²) in [5, 5.41) is 2.69. The lowest BCUT2D eigenvalue weighted by Gasteiger charge is -2.33. The Hall–Kier alpha value is -1.19. The zero-order valence-corrected chi connectivity index (χ0v) is 7.76. The molecule has 0 radical (unpaired) electrons. The lowest BCUT2D eigenvalue weighted by Crippen LogP contribution is -2.39. The van der Waals surface area contributed by atoms with Gasteiger partial charge in [0.1, 0.15) is 5.67 Å². The zero-order valence-electron chi connectivity index (χ0n) is 7.76. The average Bonchev–Trinajstić information content (AvgIpc) is 2.14. The normalized spacial score (nSPS) is 18.7. The van der Waals surface area contributed by atoms with Crippen LogP contribution in [-0.4, -0.2) is 17.2 Å². The van der Waals surface area contributed by atoms with Crippen LogP contribution in [-0.2, 0) is 0 Å². The molecule has 0 amide bonds. The smallest absolute Gasteiger partial charge is 0.165 e. The van der Waals surface area contributed by atoms with Crippen LogP contribution in [0.2, 0.25) is 0 Å². The molecule has 1 N–H and O–H groups in total. The highest BCUT2D eigenvalue weighted by Gasteiger charge is 2.36. The van der Waals surface area contributed by atoms with Crippen LogP contribution >= 0.6 is 0 Å². The molecule has 0 spiro atoms. The van der Waals surface area contributed by atoms with Gasteiger partial charge >= 0.3 is 0 Å². The lowest BCUT2D eigenvalue weighted by atomic mass is 9.82. The molecule has 2 nitrogen and oxygen atoms in total. The summed E-state index contributed by atoms with van der Waals surface area (Å²) in [4.78, 5) is 3.79. The van der Waals surface area contributed by atoms with Crippen LogP contribution in [0.5, 0.6) is 0 Å². The van der Waals surface area contributed by atoms with E-state index in [1.54, 1.807) is 0 Å². The van der Waals surface area contributed by atoms with Crippen LogP contribution < -0.4 is 5.32 Å². The molecule has 1 heterocycles. The number of aromatic nitrogens is 1. The van der Waals surface area contributed by atoms with Crippen LogP contribution in [0.25, 0.3) is 0 Å². The Morgan fingerprint density at radius 3 is 2.86 bits per heavy atom. The number of alkyl halides is 1. The van der Waals surface area contributed by atoms with Gasteiger partial charge in [0.25, 0.3) is 0 Å². The van der Waals surface area contributed by atoms with Crippen LogP contribution in [0.15, 0.2) is 18.3 Å². The number of hydrogen-bond donors (Lipinski definition) is 1. The predicted molar refractivity (Wildman–Crippen MR) is 50.4 cm³/mol. The minimum absolute atomic E-state index is 0.136. The molecule has 0 aliphatic heterocycles. The van der Waals surface area contributed by atoms with Crippen molar-refractivity contribution in [3.05, 3.63) is 24.1 Å². The van der Waals surface area contributed by atoms with Crippen molar-refractivity contribution < 1.29 is 8.78 Å². The Morgan fingerprint density at radius 1 is 1.50 bits per heavy atom. The van der Waals surface area contributed by atoms with Gasteiger partial charge in [-0.15, -0.1) is 0 Å². The fourth-order valence-corrected chi connectivity index (χ4v) is 1.50. The zero-order chi connectivity index (χ0) is 10.0. The van der Waals surface area contributed by atoms with Crippen LogP contribution in [0.4, 0.5) is 14.6 Å². The topological polar surface area (TPSA) is 24.9 Å². The number of nitrogens with one attached hydrogen (secondary N) is 1. The Balaban J connectivity index is 1.95. The summed E-state index contributed by atoms with van der Waals surface area (Å²) in [6, 6.07) is 2.82. The molecule has 1 fully saturated rings. The Kier molecular flexibility index (Phi) is 2.35. The predicted octanol–water partition coefficient (Wildman–Crippen LogP) is 2.52. The van der Waals surface area contributed by atoms with E-state index in [1.807, 2.05) is 0 Å². The van der Waals surface area contributed by atoms with Gasteiger partial charge in [0.2, 0.25) is 0 Å². The molecule has 1 aromatic heterocycles. The van der Waals surface area contributed by atoms with Crippen molar-refractivity contribution in [2.45, 2.75) is 24.9 Å². The van der Waals surface area contributed by atoms with Crippen molar-refractivity contribution in [2.75, 3.05) is 11.9 Å². The third-order valence-electron chi connectivity index (χ3n) is 2.58. The first-order valence-corrected chi connectivity index (χ1v) is 4.73. The second-order valence-corrected chi connectivity index (χ2v) is 3.69. The maximum Gasteiger partial charge on any atom is 0.165 e. The van der Waals surface area contributed by atoms with Gasteiger partial charge in [-0.25, -0.2) is 13.8 Å². The molecule has 14 heavy (non-hydrogen) atoms.